The van der Waals surface area contributed by atoms with Crippen LogP contribution in [-0.2, 0) is 27.4 Å². The second kappa shape index (κ2) is 10.7. The van der Waals surface area contributed by atoms with E-state index in [1.165, 1.54) is 19.3 Å². The summed E-state index contributed by atoms with van der Waals surface area (Å²) in [5.74, 6) is -0.464. The van der Waals surface area contributed by atoms with Gasteiger partial charge in [0.25, 0.3) is 0 Å². The fourth-order valence-corrected chi connectivity index (χ4v) is 4.78. The number of Topliss-reactive ketones (excluding diaryl/α,β-unsaturated/α-hetero) is 1. The molecule has 0 spiro atoms. The molecule has 4 rings (SSSR count). The quantitative estimate of drug-likeness (QED) is 0.392. The van der Waals surface area contributed by atoms with E-state index in [2.05, 4.69) is 0 Å². The van der Waals surface area contributed by atoms with Crippen LogP contribution in [-0.4, -0.2) is 23.0 Å². The van der Waals surface area contributed by atoms with Gasteiger partial charge >= 0.3 is 5.97 Å². The zero-order valence-corrected chi connectivity index (χ0v) is 19.2. The minimum atomic E-state index is -0.685. The summed E-state index contributed by atoms with van der Waals surface area (Å²) in [6.07, 6.45) is 6.17. The molecule has 1 fully saturated rings. The highest BCUT2D eigenvalue weighted by Gasteiger charge is 2.40. The van der Waals surface area contributed by atoms with Crippen molar-refractivity contribution in [3.8, 4) is 5.75 Å². The van der Waals surface area contributed by atoms with Gasteiger partial charge in [-0.15, -0.1) is 0 Å². The van der Waals surface area contributed by atoms with Gasteiger partial charge in [0.05, 0.1) is 0 Å². The molecular weight excluding hydrogens is 416 g/mol. The Kier molecular flexibility index (Phi) is 7.48. The summed E-state index contributed by atoms with van der Waals surface area (Å²) in [6, 6.07) is 17.6. The van der Waals surface area contributed by atoms with Gasteiger partial charge in [-0.05, 0) is 42.0 Å². The molecule has 1 aliphatic carbocycles. The maximum absolute atomic E-state index is 13.0. The lowest BCUT2D eigenvalue weighted by molar-refractivity contribution is -0.142. The molecule has 1 N–H and O–H groups in total. The van der Waals surface area contributed by atoms with E-state index >= 15 is 0 Å². The largest absolute Gasteiger partial charge is 0.507 e. The smallest absolute Gasteiger partial charge is 0.346 e. The fraction of sp³-hybridized carbons (Fsp3) is 0.429. The summed E-state index contributed by atoms with van der Waals surface area (Å²) in [7, 11) is 0. The number of aliphatic hydroxyl groups excluding tert-OH is 1. The first kappa shape index (κ1) is 23.1. The summed E-state index contributed by atoms with van der Waals surface area (Å²) >= 11 is 0. The predicted octanol–water partition coefficient (Wildman–Crippen LogP) is 5.72. The van der Waals surface area contributed by atoms with E-state index in [0.29, 0.717) is 25.4 Å². The second-order valence-corrected chi connectivity index (χ2v) is 9.28. The third kappa shape index (κ3) is 5.84. The van der Waals surface area contributed by atoms with Gasteiger partial charge in [0.1, 0.15) is 17.9 Å². The predicted molar refractivity (Wildman–Crippen MR) is 126 cm³/mol. The van der Waals surface area contributed by atoms with Crippen molar-refractivity contribution in [1.29, 1.82) is 0 Å². The molecular formula is C28H32O5. The molecule has 0 bridgehead atoms. The number of hydrogen-bond donors (Lipinski definition) is 1. The Balaban J connectivity index is 1.33. The number of aliphatic hydroxyl groups is 1. The van der Waals surface area contributed by atoms with Crippen LogP contribution in [0.5, 0.6) is 5.75 Å². The van der Waals surface area contributed by atoms with Crippen LogP contribution in [0.25, 0.3) is 0 Å². The average Bonchev–Trinajstić information content (AvgIpc) is 3.12. The molecule has 1 heterocycles. The van der Waals surface area contributed by atoms with Gasteiger partial charge in [-0.3, -0.25) is 4.79 Å². The van der Waals surface area contributed by atoms with Crippen LogP contribution in [0.2, 0.25) is 0 Å². The average molecular weight is 449 g/mol. The normalized spacial score (nSPS) is 19.9. The van der Waals surface area contributed by atoms with E-state index < -0.39 is 18.0 Å². The van der Waals surface area contributed by atoms with E-state index in [1.807, 2.05) is 54.6 Å². The molecule has 2 aliphatic rings. The van der Waals surface area contributed by atoms with Gasteiger partial charge in [-0.2, -0.15) is 0 Å². The van der Waals surface area contributed by atoms with Crippen molar-refractivity contribution in [2.75, 3.05) is 0 Å². The summed E-state index contributed by atoms with van der Waals surface area (Å²) in [5, 5.41) is 10.6. The number of carbonyl (C=O) groups excluding carboxylic acids is 2. The Morgan fingerprint density at radius 3 is 2.42 bits per heavy atom. The molecule has 33 heavy (non-hydrogen) atoms. The number of ether oxygens (including phenoxy) is 2. The van der Waals surface area contributed by atoms with Gasteiger partial charge in [0.15, 0.2) is 17.6 Å². The van der Waals surface area contributed by atoms with E-state index in [4.69, 9.17) is 9.47 Å². The molecule has 0 aromatic heterocycles. The van der Waals surface area contributed by atoms with Crippen molar-refractivity contribution in [3.63, 3.8) is 0 Å². The Bertz CT molecular complexity index is 987. The van der Waals surface area contributed by atoms with Crippen LogP contribution in [0.4, 0.5) is 0 Å². The third-order valence-electron chi connectivity index (χ3n) is 6.69. The first-order valence-electron chi connectivity index (χ1n) is 11.9. The molecule has 0 amide bonds. The van der Waals surface area contributed by atoms with Gasteiger partial charge < -0.3 is 14.6 Å². The maximum Gasteiger partial charge on any atom is 0.346 e. The van der Waals surface area contributed by atoms with Gasteiger partial charge in [-0.25, -0.2) is 4.79 Å². The molecule has 174 valence electrons. The molecule has 1 aliphatic heterocycles. The standard InChI is InChI=1S/C28H32O5/c1-19(16-21-12-14-23(15-13-21)32-18-22-10-6-3-7-11-22)26(29)25-27(30)24(33-28(25)31)17-20-8-4-2-5-9-20/h3,6-7,10-15,19-20,24,30H,2,4-5,8-9,16-18H2,1H3. The molecule has 1 saturated carbocycles. The van der Waals surface area contributed by atoms with Crippen LogP contribution in [0, 0.1) is 11.8 Å². The molecule has 2 unspecified atom stereocenters. The van der Waals surface area contributed by atoms with E-state index in [1.54, 1.807) is 6.92 Å². The number of rotatable bonds is 9. The van der Waals surface area contributed by atoms with Crippen molar-refractivity contribution in [3.05, 3.63) is 77.1 Å². The van der Waals surface area contributed by atoms with Crippen LogP contribution in [0.15, 0.2) is 65.9 Å². The Morgan fingerprint density at radius 1 is 1.03 bits per heavy atom. The van der Waals surface area contributed by atoms with Gasteiger partial charge in [0, 0.05) is 5.92 Å². The van der Waals surface area contributed by atoms with Crippen molar-refractivity contribution < 1.29 is 24.2 Å². The maximum atomic E-state index is 13.0. The highest BCUT2D eigenvalue weighted by atomic mass is 16.6. The topological polar surface area (TPSA) is 72.8 Å². The molecule has 2 aromatic carbocycles. The van der Waals surface area contributed by atoms with Gasteiger partial charge in [-0.1, -0.05) is 81.5 Å². The first-order chi connectivity index (χ1) is 16.0. The minimum absolute atomic E-state index is 0.161. The van der Waals surface area contributed by atoms with E-state index in [9.17, 15) is 14.7 Å². The molecule has 2 aromatic rings. The number of carbonyl (C=O) groups is 2. The Labute approximate surface area is 195 Å². The molecule has 0 radical (unpaired) electrons. The van der Waals surface area contributed by atoms with E-state index in [0.717, 1.165) is 29.7 Å². The number of esters is 1. The fourth-order valence-electron chi connectivity index (χ4n) is 4.78. The van der Waals surface area contributed by atoms with Crippen LogP contribution >= 0.6 is 0 Å². The lowest BCUT2D eigenvalue weighted by atomic mass is 9.84. The first-order valence-corrected chi connectivity index (χ1v) is 11.9. The third-order valence-corrected chi connectivity index (χ3v) is 6.69. The Hall–Kier alpha value is -3.08. The summed E-state index contributed by atoms with van der Waals surface area (Å²) < 4.78 is 11.2. The summed E-state index contributed by atoms with van der Waals surface area (Å²) in [4.78, 5) is 25.4. The van der Waals surface area contributed by atoms with Crippen molar-refractivity contribution in [2.24, 2.45) is 11.8 Å². The van der Waals surface area contributed by atoms with Gasteiger partial charge in [0.2, 0.25) is 0 Å². The Morgan fingerprint density at radius 2 is 1.73 bits per heavy atom. The molecule has 2 atom stereocenters. The monoisotopic (exact) mass is 448 g/mol. The number of hydrogen-bond acceptors (Lipinski definition) is 5. The molecule has 5 heteroatoms. The van der Waals surface area contributed by atoms with Crippen LogP contribution in [0.3, 0.4) is 0 Å². The van der Waals surface area contributed by atoms with E-state index in [-0.39, 0.29) is 17.1 Å². The number of benzene rings is 2. The summed E-state index contributed by atoms with van der Waals surface area (Å²) in [6.45, 7) is 2.27. The molecule has 5 nitrogen and oxygen atoms in total. The van der Waals surface area contributed by atoms with Crippen molar-refractivity contribution in [2.45, 2.75) is 64.6 Å². The SMILES string of the molecule is CC(Cc1ccc(OCc2ccccc2)cc1)C(=O)C1=C(O)C(CC2CCCCC2)OC1=O. The zero-order valence-electron chi connectivity index (χ0n) is 19.2. The minimum Gasteiger partial charge on any atom is -0.507 e. The highest BCUT2D eigenvalue weighted by Crippen LogP contribution is 2.34. The lowest BCUT2D eigenvalue weighted by Gasteiger charge is -2.23. The number of cyclic esters (lactones) is 1. The lowest BCUT2D eigenvalue weighted by Crippen LogP contribution is -2.20. The van der Waals surface area contributed by atoms with Crippen LogP contribution < -0.4 is 4.74 Å². The second-order valence-electron chi connectivity index (χ2n) is 9.28. The van der Waals surface area contributed by atoms with Crippen molar-refractivity contribution >= 4 is 11.8 Å². The highest BCUT2D eigenvalue weighted by molar-refractivity contribution is 6.19. The number of ketones is 1. The molecule has 0 saturated heterocycles. The summed E-state index contributed by atoms with van der Waals surface area (Å²) in [5.41, 5.74) is 1.90. The van der Waals surface area contributed by atoms with Crippen LogP contribution in [0.1, 0.15) is 56.6 Å². The van der Waals surface area contributed by atoms with Crippen molar-refractivity contribution in [1.82, 2.24) is 0 Å². The zero-order chi connectivity index (χ0) is 23.2.